The Kier molecular flexibility index (Phi) is 11.0. The van der Waals surface area contributed by atoms with Gasteiger partial charge in [0.05, 0.1) is 31.8 Å². The summed E-state index contributed by atoms with van der Waals surface area (Å²) in [5, 5.41) is 8.75. The van der Waals surface area contributed by atoms with Gasteiger partial charge in [-0.15, -0.1) is 0 Å². The van der Waals surface area contributed by atoms with E-state index in [1.54, 1.807) is 0 Å². The summed E-state index contributed by atoms with van der Waals surface area (Å²) in [5.74, 6) is -0.181. The Morgan fingerprint density at radius 2 is 1.96 bits per heavy atom. The van der Waals surface area contributed by atoms with E-state index in [4.69, 9.17) is 19.0 Å². The second-order valence-electron chi connectivity index (χ2n) is 6.20. The number of nitriles is 1. The Hall–Kier alpha value is -0.310. The van der Waals surface area contributed by atoms with Gasteiger partial charge in [-0.05, 0) is 19.3 Å². The molecule has 0 aromatic carbocycles. The lowest BCUT2D eigenvalue weighted by molar-refractivity contribution is -0.129. The van der Waals surface area contributed by atoms with Crippen LogP contribution < -0.4 is 0 Å². The molecule has 1 saturated heterocycles. The minimum absolute atomic E-state index is 0.181. The summed E-state index contributed by atoms with van der Waals surface area (Å²) in [7, 11) is -1.39. The number of alkyl halides is 1. The van der Waals surface area contributed by atoms with Crippen molar-refractivity contribution in [3.8, 4) is 6.07 Å². The van der Waals surface area contributed by atoms with Gasteiger partial charge in [0.1, 0.15) is 12.3 Å². The van der Waals surface area contributed by atoms with Crippen LogP contribution in [-0.4, -0.2) is 49.4 Å². The SMILES string of the molecule is CCCN(CCC)P(OCCC#N)OC1[C@@H](CC)OC[C@@H](C)[C@H]1F. The third-order valence-corrected chi connectivity index (χ3v) is 5.71. The molecular weight excluding hydrogens is 330 g/mol. The molecule has 1 rings (SSSR count). The maximum absolute atomic E-state index is 14.7. The summed E-state index contributed by atoms with van der Waals surface area (Å²) < 4.78 is 34.7. The van der Waals surface area contributed by atoms with Crippen LogP contribution in [0.15, 0.2) is 0 Å². The zero-order valence-corrected chi connectivity index (χ0v) is 16.3. The smallest absolute Gasteiger partial charge is 0.259 e. The Morgan fingerprint density at radius 1 is 1.29 bits per heavy atom. The molecule has 0 amide bonds. The molecular formula is C17H32FN2O3P. The van der Waals surface area contributed by atoms with E-state index in [1.807, 2.05) is 13.8 Å². The van der Waals surface area contributed by atoms with Crippen molar-refractivity contribution in [2.24, 2.45) is 5.92 Å². The fourth-order valence-corrected chi connectivity index (χ4v) is 4.50. The molecule has 2 unspecified atom stereocenters. The highest BCUT2D eigenvalue weighted by Gasteiger charge is 2.41. The maximum Gasteiger partial charge on any atom is 0.259 e. The summed E-state index contributed by atoms with van der Waals surface area (Å²) >= 11 is 0. The van der Waals surface area contributed by atoms with Crippen LogP contribution in [0.4, 0.5) is 4.39 Å². The molecule has 0 saturated carbocycles. The molecule has 1 heterocycles. The average Bonchev–Trinajstić information content (AvgIpc) is 2.58. The standard InChI is InChI=1S/C17H32FN2O3P/c1-5-10-20(11-6-2)24(22-12-8-9-19)23-17-15(7-3)21-13-14(4)16(17)18/h14-17H,5-8,10-13H2,1-4H3/t14-,15-,16-,17?,24?/m1/s1. The van der Waals surface area contributed by atoms with E-state index < -0.39 is 20.8 Å². The third kappa shape index (κ3) is 6.54. The minimum Gasteiger partial charge on any atom is -0.375 e. The lowest BCUT2D eigenvalue weighted by Gasteiger charge is -2.40. The summed E-state index contributed by atoms with van der Waals surface area (Å²) in [6.45, 7) is 10.4. The monoisotopic (exact) mass is 362 g/mol. The first-order valence-electron chi connectivity index (χ1n) is 9.06. The highest BCUT2D eigenvalue weighted by molar-refractivity contribution is 7.44. The van der Waals surface area contributed by atoms with Crippen molar-refractivity contribution in [3.05, 3.63) is 0 Å². The van der Waals surface area contributed by atoms with Crippen molar-refractivity contribution in [1.82, 2.24) is 4.67 Å². The third-order valence-electron chi connectivity index (χ3n) is 4.02. The highest BCUT2D eigenvalue weighted by Crippen LogP contribution is 2.47. The first-order chi connectivity index (χ1) is 11.6. The van der Waals surface area contributed by atoms with Crippen LogP contribution >= 0.6 is 8.53 Å². The molecule has 1 aliphatic heterocycles. The molecule has 0 spiro atoms. The van der Waals surface area contributed by atoms with E-state index in [-0.39, 0.29) is 12.0 Å². The van der Waals surface area contributed by atoms with Crippen LogP contribution in [0.5, 0.6) is 0 Å². The van der Waals surface area contributed by atoms with Crippen LogP contribution in [0, 0.1) is 17.2 Å². The van der Waals surface area contributed by atoms with Crippen molar-refractivity contribution < 1.29 is 18.2 Å². The molecule has 0 N–H and O–H groups in total. The minimum atomic E-state index is -1.39. The van der Waals surface area contributed by atoms with Gasteiger partial charge in [0.25, 0.3) is 8.53 Å². The zero-order chi connectivity index (χ0) is 17.9. The van der Waals surface area contributed by atoms with Crippen LogP contribution in [0.2, 0.25) is 0 Å². The quantitative estimate of drug-likeness (QED) is 0.402. The first-order valence-corrected chi connectivity index (χ1v) is 10.2. The molecule has 0 bridgehead atoms. The average molecular weight is 362 g/mol. The van der Waals surface area contributed by atoms with Crippen LogP contribution in [0.25, 0.3) is 0 Å². The fraction of sp³-hybridized carbons (Fsp3) is 0.941. The van der Waals surface area contributed by atoms with Crippen LogP contribution in [0.3, 0.4) is 0 Å². The number of nitrogens with zero attached hydrogens (tertiary/aromatic N) is 2. The van der Waals surface area contributed by atoms with Crippen LogP contribution in [0.1, 0.15) is 53.4 Å². The van der Waals surface area contributed by atoms with Crippen molar-refractivity contribution in [2.75, 3.05) is 26.3 Å². The lowest BCUT2D eigenvalue weighted by Crippen LogP contribution is -2.48. The van der Waals surface area contributed by atoms with Crippen molar-refractivity contribution in [3.63, 3.8) is 0 Å². The number of halogens is 1. The normalized spacial score (nSPS) is 28.7. The van der Waals surface area contributed by atoms with Gasteiger partial charge in [0.15, 0.2) is 0 Å². The first kappa shape index (κ1) is 21.7. The van der Waals surface area contributed by atoms with Crippen LogP contribution in [-0.2, 0) is 13.8 Å². The van der Waals surface area contributed by atoms with Gasteiger partial charge < -0.3 is 13.8 Å². The number of hydrogen-bond donors (Lipinski definition) is 0. The van der Waals surface area contributed by atoms with Gasteiger partial charge >= 0.3 is 0 Å². The molecule has 140 valence electrons. The highest BCUT2D eigenvalue weighted by atomic mass is 31.2. The molecule has 5 atom stereocenters. The van der Waals surface area contributed by atoms with Crippen molar-refractivity contribution >= 4 is 8.53 Å². The Bertz CT molecular complexity index is 375. The number of rotatable bonds is 11. The molecule has 0 aromatic heterocycles. The summed E-state index contributed by atoms with van der Waals surface area (Å²) in [6, 6.07) is 2.08. The van der Waals surface area contributed by atoms with E-state index >= 15 is 0 Å². The van der Waals surface area contributed by atoms with E-state index in [0.717, 1.165) is 25.9 Å². The topological polar surface area (TPSA) is 54.7 Å². The molecule has 5 nitrogen and oxygen atoms in total. The lowest BCUT2D eigenvalue weighted by atomic mass is 9.94. The predicted octanol–water partition coefficient (Wildman–Crippen LogP) is 4.43. The fourth-order valence-electron chi connectivity index (χ4n) is 2.71. The number of ether oxygens (including phenoxy) is 1. The van der Waals surface area contributed by atoms with E-state index in [0.29, 0.717) is 26.1 Å². The molecule has 1 aliphatic rings. The Balaban J connectivity index is 2.84. The van der Waals surface area contributed by atoms with Gasteiger partial charge in [-0.3, -0.25) is 0 Å². The summed E-state index contributed by atoms with van der Waals surface area (Å²) in [6.07, 6.45) is 1.05. The van der Waals surface area contributed by atoms with Gasteiger partial charge in [-0.2, -0.15) is 5.26 Å². The van der Waals surface area contributed by atoms with E-state index in [9.17, 15) is 4.39 Å². The van der Waals surface area contributed by atoms with E-state index in [2.05, 4.69) is 24.6 Å². The molecule has 0 aromatic rings. The largest absolute Gasteiger partial charge is 0.375 e. The number of hydrogen-bond acceptors (Lipinski definition) is 5. The second kappa shape index (κ2) is 12.1. The summed E-state index contributed by atoms with van der Waals surface area (Å²) in [4.78, 5) is 0. The van der Waals surface area contributed by atoms with Gasteiger partial charge in [0.2, 0.25) is 0 Å². The summed E-state index contributed by atoms with van der Waals surface area (Å²) in [5.41, 5.74) is 0. The second-order valence-corrected chi connectivity index (χ2v) is 7.71. The van der Waals surface area contributed by atoms with Gasteiger partial charge in [-0.1, -0.05) is 27.7 Å². The van der Waals surface area contributed by atoms with Crippen molar-refractivity contribution in [2.45, 2.75) is 71.8 Å². The molecule has 24 heavy (non-hydrogen) atoms. The van der Waals surface area contributed by atoms with E-state index in [1.165, 1.54) is 0 Å². The molecule has 1 fully saturated rings. The Morgan fingerprint density at radius 3 is 2.50 bits per heavy atom. The Labute approximate surface area is 147 Å². The molecule has 7 heteroatoms. The maximum atomic E-state index is 14.7. The molecule has 0 radical (unpaired) electrons. The zero-order valence-electron chi connectivity index (χ0n) is 15.4. The predicted molar refractivity (Wildman–Crippen MR) is 94.2 cm³/mol. The van der Waals surface area contributed by atoms with Gasteiger partial charge in [-0.25, -0.2) is 9.06 Å². The van der Waals surface area contributed by atoms with Crippen molar-refractivity contribution in [1.29, 1.82) is 5.26 Å². The van der Waals surface area contributed by atoms with Gasteiger partial charge in [0, 0.05) is 19.0 Å². The molecule has 0 aliphatic carbocycles.